The smallest absolute Gasteiger partial charge is 0.204 e. The lowest BCUT2D eigenvalue weighted by atomic mass is 10.2. The molecule has 0 saturated carbocycles. The van der Waals surface area contributed by atoms with Crippen LogP contribution in [0.5, 0.6) is 0 Å². The molecule has 0 spiro atoms. The van der Waals surface area contributed by atoms with Gasteiger partial charge in [0.05, 0.1) is 26.5 Å². The van der Waals surface area contributed by atoms with Crippen LogP contribution in [0.3, 0.4) is 0 Å². The van der Waals surface area contributed by atoms with Gasteiger partial charge in [0.15, 0.2) is 0 Å². The summed E-state index contributed by atoms with van der Waals surface area (Å²) in [6.07, 6.45) is 1.63. The van der Waals surface area contributed by atoms with Crippen molar-refractivity contribution in [3.8, 4) is 0 Å². The number of nitrogens with one attached hydrogen (secondary N) is 1. The standard InChI is InChI=1S/C14H9Cl2N3S/c15-10-5-3-4-9(13(10)16)8-17-19-14-18-11-6-1-2-7-12(11)20-14/h1-8H,(H,18,19)/b17-8-. The van der Waals surface area contributed by atoms with E-state index in [4.69, 9.17) is 23.2 Å². The molecule has 0 radical (unpaired) electrons. The van der Waals surface area contributed by atoms with E-state index >= 15 is 0 Å². The second-order valence-corrected chi connectivity index (χ2v) is 5.82. The summed E-state index contributed by atoms with van der Waals surface area (Å²) < 4.78 is 1.12. The van der Waals surface area contributed by atoms with Gasteiger partial charge in [0.25, 0.3) is 0 Å². The van der Waals surface area contributed by atoms with Crippen molar-refractivity contribution in [2.75, 3.05) is 5.43 Å². The highest BCUT2D eigenvalue weighted by molar-refractivity contribution is 7.22. The van der Waals surface area contributed by atoms with Gasteiger partial charge in [-0.1, -0.05) is 58.8 Å². The highest BCUT2D eigenvalue weighted by Gasteiger charge is 2.03. The van der Waals surface area contributed by atoms with E-state index in [1.165, 1.54) is 0 Å². The van der Waals surface area contributed by atoms with Crippen LogP contribution in [0.15, 0.2) is 47.6 Å². The zero-order chi connectivity index (χ0) is 13.9. The number of para-hydroxylation sites is 1. The summed E-state index contributed by atoms with van der Waals surface area (Å²) >= 11 is 13.6. The van der Waals surface area contributed by atoms with E-state index in [0.717, 1.165) is 20.9 Å². The fourth-order valence-electron chi connectivity index (χ4n) is 1.70. The Balaban J connectivity index is 1.78. The number of hydrazone groups is 1. The summed E-state index contributed by atoms with van der Waals surface area (Å²) in [6, 6.07) is 13.3. The molecule has 3 rings (SSSR count). The van der Waals surface area contributed by atoms with Gasteiger partial charge in [0.2, 0.25) is 5.13 Å². The van der Waals surface area contributed by atoms with Gasteiger partial charge in [0.1, 0.15) is 0 Å². The second kappa shape index (κ2) is 5.79. The van der Waals surface area contributed by atoms with Crippen molar-refractivity contribution < 1.29 is 0 Å². The van der Waals surface area contributed by atoms with Crippen LogP contribution in [-0.4, -0.2) is 11.2 Å². The Morgan fingerprint density at radius 2 is 1.95 bits per heavy atom. The Morgan fingerprint density at radius 1 is 1.10 bits per heavy atom. The van der Waals surface area contributed by atoms with Crippen molar-refractivity contribution in [2.45, 2.75) is 0 Å². The van der Waals surface area contributed by atoms with Crippen LogP contribution in [0.2, 0.25) is 10.0 Å². The average Bonchev–Trinajstić information content (AvgIpc) is 2.86. The van der Waals surface area contributed by atoms with Crippen LogP contribution in [0.25, 0.3) is 10.2 Å². The zero-order valence-electron chi connectivity index (χ0n) is 10.2. The minimum Gasteiger partial charge on any atom is -0.253 e. The lowest BCUT2D eigenvalue weighted by Gasteiger charge is -1.99. The van der Waals surface area contributed by atoms with Gasteiger partial charge in [-0.2, -0.15) is 5.10 Å². The van der Waals surface area contributed by atoms with E-state index in [9.17, 15) is 0 Å². The van der Waals surface area contributed by atoms with Gasteiger partial charge < -0.3 is 0 Å². The Bertz CT molecular complexity index is 750. The molecule has 0 saturated heterocycles. The quantitative estimate of drug-likeness (QED) is 0.541. The molecule has 3 aromatic rings. The third kappa shape index (κ3) is 2.77. The molecule has 0 bridgehead atoms. The summed E-state index contributed by atoms with van der Waals surface area (Å²) in [5.41, 5.74) is 4.62. The molecular formula is C14H9Cl2N3S. The Labute approximate surface area is 129 Å². The monoisotopic (exact) mass is 321 g/mol. The second-order valence-electron chi connectivity index (χ2n) is 4.00. The molecule has 0 aliphatic carbocycles. The van der Waals surface area contributed by atoms with Crippen LogP contribution < -0.4 is 5.43 Å². The van der Waals surface area contributed by atoms with Gasteiger partial charge in [0, 0.05) is 5.56 Å². The molecule has 100 valence electrons. The normalized spacial score (nSPS) is 11.3. The van der Waals surface area contributed by atoms with E-state index < -0.39 is 0 Å². The number of nitrogens with zero attached hydrogens (tertiary/aromatic N) is 2. The number of halogens is 2. The number of rotatable bonds is 3. The van der Waals surface area contributed by atoms with Gasteiger partial charge in [-0.15, -0.1) is 0 Å². The molecule has 20 heavy (non-hydrogen) atoms. The number of hydrogen-bond donors (Lipinski definition) is 1. The molecular weight excluding hydrogens is 313 g/mol. The zero-order valence-corrected chi connectivity index (χ0v) is 12.5. The van der Waals surface area contributed by atoms with E-state index in [1.54, 1.807) is 23.6 Å². The molecule has 0 unspecified atom stereocenters. The molecule has 0 amide bonds. The third-order valence-electron chi connectivity index (χ3n) is 2.64. The fourth-order valence-corrected chi connectivity index (χ4v) is 2.87. The molecule has 0 atom stereocenters. The number of aromatic nitrogens is 1. The van der Waals surface area contributed by atoms with E-state index in [-0.39, 0.29) is 0 Å². The Kier molecular flexibility index (Phi) is 3.87. The largest absolute Gasteiger partial charge is 0.253 e. The molecule has 3 nitrogen and oxygen atoms in total. The first-order valence-electron chi connectivity index (χ1n) is 5.83. The third-order valence-corrected chi connectivity index (χ3v) is 4.41. The highest BCUT2D eigenvalue weighted by Crippen LogP contribution is 2.26. The van der Waals surface area contributed by atoms with Crippen LogP contribution in [0, 0.1) is 0 Å². The minimum atomic E-state index is 0.490. The van der Waals surface area contributed by atoms with Gasteiger partial charge in [-0.3, -0.25) is 5.43 Å². The number of anilines is 1. The first-order valence-corrected chi connectivity index (χ1v) is 7.40. The predicted molar refractivity (Wildman–Crippen MR) is 87.3 cm³/mol. The molecule has 0 fully saturated rings. The molecule has 2 aromatic carbocycles. The van der Waals surface area contributed by atoms with E-state index in [0.29, 0.717) is 10.0 Å². The van der Waals surface area contributed by atoms with Gasteiger partial charge in [-0.25, -0.2) is 4.98 Å². The van der Waals surface area contributed by atoms with Crippen molar-refractivity contribution in [1.29, 1.82) is 0 Å². The minimum absolute atomic E-state index is 0.490. The lowest BCUT2D eigenvalue weighted by molar-refractivity contribution is 1.31. The topological polar surface area (TPSA) is 37.3 Å². The Hall–Kier alpha value is -1.62. The lowest BCUT2D eigenvalue weighted by Crippen LogP contribution is -1.90. The summed E-state index contributed by atoms with van der Waals surface area (Å²) in [7, 11) is 0. The molecule has 0 aliphatic rings. The molecule has 1 heterocycles. The molecule has 6 heteroatoms. The summed E-state index contributed by atoms with van der Waals surface area (Å²) in [5.74, 6) is 0. The highest BCUT2D eigenvalue weighted by atomic mass is 35.5. The van der Waals surface area contributed by atoms with Crippen molar-refractivity contribution >= 4 is 56.1 Å². The van der Waals surface area contributed by atoms with Crippen LogP contribution >= 0.6 is 34.5 Å². The molecule has 0 aliphatic heterocycles. The van der Waals surface area contributed by atoms with Crippen molar-refractivity contribution in [2.24, 2.45) is 5.10 Å². The van der Waals surface area contributed by atoms with Crippen molar-refractivity contribution in [3.63, 3.8) is 0 Å². The van der Waals surface area contributed by atoms with Gasteiger partial charge in [-0.05, 0) is 18.2 Å². The van der Waals surface area contributed by atoms with Gasteiger partial charge >= 0.3 is 0 Å². The average molecular weight is 322 g/mol. The number of hydrogen-bond acceptors (Lipinski definition) is 4. The van der Waals surface area contributed by atoms with E-state index in [1.807, 2.05) is 36.4 Å². The fraction of sp³-hybridized carbons (Fsp3) is 0. The number of fused-ring (bicyclic) bond motifs is 1. The van der Waals surface area contributed by atoms with Crippen molar-refractivity contribution in [3.05, 3.63) is 58.1 Å². The number of thiazole rings is 1. The maximum atomic E-state index is 6.08. The van der Waals surface area contributed by atoms with Crippen molar-refractivity contribution in [1.82, 2.24) is 4.98 Å². The first kappa shape index (κ1) is 13.4. The van der Waals surface area contributed by atoms with E-state index in [2.05, 4.69) is 15.5 Å². The molecule has 1 N–H and O–H groups in total. The summed E-state index contributed by atoms with van der Waals surface area (Å²) in [5, 5.41) is 5.88. The maximum absolute atomic E-state index is 6.08. The van der Waals surface area contributed by atoms with Crippen LogP contribution in [-0.2, 0) is 0 Å². The van der Waals surface area contributed by atoms with Crippen LogP contribution in [0.1, 0.15) is 5.56 Å². The Morgan fingerprint density at radius 3 is 2.80 bits per heavy atom. The summed E-state index contributed by atoms with van der Waals surface area (Å²) in [4.78, 5) is 4.42. The molecule has 1 aromatic heterocycles. The predicted octanol–water partition coefficient (Wildman–Crippen LogP) is 5.05. The SMILES string of the molecule is Clc1cccc(/C=N\Nc2nc3ccccc3s2)c1Cl. The van der Waals surface area contributed by atoms with Crippen LogP contribution in [0.4, 0.5) is 5.13 Å². The number of benzene rings is 2. The first-order chi connectivity index (χ1) is 9.74. The maximum Gasteiger partial charge on any atom is 0.204 e. The summed E-state index contributed by atoms with van der Waals surface area (Å²) in [6.45, 7) is 0.